The van der Waals surface area contributed by atoms with Gasteiger partial charge in [0.1, 0.15) is 12.1 Å². The summed E-state index contributed by atoms with van der Waals surface area (Å²) in [4.78, 5) is 26.2. The standard InChI is InChI=1S/C23H30F2N8OSi/c1-35(2)11-9-31(10-12-35)18-13-16(26)3-4-17(18)21(34)29-19-14-20-27-15-28-33(20)22(30-19)32-7-5-23(24,25)6-8-32/h3-4,13-15H,5-12,26H2,1-2H3,(H,29,34)/q-1. The van der Waals surface area contributed by atoms with Crippen molar-refractivity contribution in [3.63, 3.8) is 0 Å². The van der Waals surface area contributed by atoms with Crippen LogP contribution in [0.4, 0.5) is 31.9 Å². The predicted molar refractivity (Wildman–Crippen MR) is 135 cm³/mol. The second-order valence-corrected chi connectivity index (χ2v) is 15.5. The van der Waals surface area contributed by atoms with Gasteiger partial charge in [0, 0.05) is 37.7 Å². The number of nitrogens with two attached hydrogens (primary N) is 1. The lowest BCUT2D eigenvalue weighted by Crippen LogP contribution is -2.43. The largest absolute Gasteiger partial charge is 0.399 e. The number of carbonyl (C=O) groups is 1. The number of alkyl halides is 2. The van der Waals surface area contributed by atoms with Crippen molar-refractivity contribution in [3.05, 3.63) is 36.2 Å². The Kier molecular flexibility index (Phi) is 5.86. The fourth-order valence-electron chi connectivity index (χ4n) is 4.65. The third-order valence-corrected chi connectivity index (χ3v) is 10.1. The Labute approximate surface area is 203 Å². The van der Waals surface area contributed by atoms with Crippen LogP contribution in [0.5, 0.6) is 0 Å². The molecule has 0 aliphatic carbocycles. The van der Waals surface area contributed by atoms with Crippen molar-refractivity contribution in [1.82, 2.24) is 19.6 Å². The monoisotopic (exact) mass is 500 g/mol. The maximum Gasteiger partial charge on any atom is 0.258 e. The van der Waals surface area contributed by atoms with Gasteiger partial charge in [0.05, 0.1) is 11.3 Å². The van der Waals surface area contributed by atoms with Gasteiger partial charge >= 0.3 is 0 Å². The molecule has 0 spiro atoms. The van der Waals surface area contributed by atoms with Crippen LogP contribution in [0.3, 0.4) is 0 Å². The third kappa shape index (κ3) is 4.93. The molecule has 2 saturated heterocycles. The van der Waals surface area contributed by atoms with Crippen molar-refractivity contribution in [2.24, 2.45) is 0 Å². The molecule has 2 aliphatic rings. The highest BCUT2D eigenvalue weighted by Crippen LogP contribution is 2.32. The number of nitrogens with zero attached hydrogens (tertiary/aromatic N) is 6. The quantitative estimate of drug-likeness (QED) is 0.416. The van der Waals surface area contributed by atoms with Crippen LogP contribution < -0.4 is 20.9 Å². The third-order valence-electron chi connectivity index (χ3n) is 6.99. The molecule has 0 bridgehead atoms. The number of halogens is 2. The molecule has 1 amide bonds. The summed E-state index contributed by atoms with van der Waals surface area (Å²) < 4.78 is 28.9. The summed E-state index contributed by atoms with van der Waals surface area (Å²) in [5, 5.41) is 7.08. The van der Waals surface area contributed by atoms with Crippen LogP contribution >= 0.6 is 0 Å². The topological polar surface area (TPSA) is 105 Å². The number of piperidine rings is 1. The van der Waals surface area contributed by atoms with Gasteiger partial charge < -0.3 is 20.9 Å². The van der Waals surface area contributed by atoms with E-state index in [-0.39, 0.29) is 37.7 Å². The zero-order valence-corrected chi connectivity index (χ0v) is 21.0. The summed E-state index contributed by atoms with van der Waals surface area (Å²) in [6.45, 7) is 6.87. The first kappa shape index (κ1) is 23.5. The fraction of sp³-hybridized carbons (Fsp3) is 0.478. The van der Waals surface area contributed by atoms with Crippen molar-refractivity contribution < 1.29 is 13.6 Å². The molecule has 2 aromatic heterocycles. The van der Waals surface area contributed by atoms with E-state index < -0.39 is 14.0 Å². The number of anilines is 4. The van der Waals surface area contributed by atoms with Gasteiger partial charge in [0.25, 0.3) is 11.8 Å². The summed E-state index contributed by atoms with van der Waals surface area (Å²) in [5.74, 6) is -2.32. The number of amides is 1. The first-order valence-corrected chi connectivity index (χ1v) is 15.3. The highest BCUT2D eigenvalue weighted by atomic mass is 28.3. The van der Waals surface area contributed by atoms with Crippen LogP contribution in [0, 0.1) is 0 Å². The zero-order valence-electron chi connectivity index (χ0n) is 20.0. The number of nitrogens with one attached hydrogen (secondary N) is 1. The lowest BCUT2D eigenvalue weighted by atomic mass is 10.1. The summed E-state index contributed by atoms with van der Waals surface area (Å²) in [5.41, 5.74) is 8.48. The smallest absolute Gasteiger partial charge is 0.258 e. The van der Waals surface area contributed by atoms with E-state index in [9.17, 15) is 13.6 Å². The lowest BCUT2D eigenvalue weighted by Gasteiger charge is -2.45. The maximum absolute atomic E-state index is 13.7. The molecule has 0 radical (unpaired) electrons. The highest BCUT2D eigenvalue weighted by molar-refractivity contribution is 6.77. The molecule has 2 fully saturated rings. The van der Waals surface area contributed by atoms with E-state index in [4.69, 9.17) is 5.73 Å². The number of nitrogen functional groups attached to an aromatic ring is 1. The van der Waals surface area contributed by atoms with E-state index in [0.717, 1.165) is 30.9 Å². The van der Waals surface area contributed by atoms with Gasteiger partial charge in [-0.15, -0.1) is 20.2 Å². The van der Waals surface area contributed by atoms with Gasteiger partial charge in [-0.1, -0.05) is 0 Å². The molecule has 1 aromatic carbocycles. The average molecular weight is 501 g/mol. The molecule has 187 valence electrons. The van der Waals surface area contributed by atoms with Crippen LogP contribution in [0.15, 0.2) is 30.6 Å². The minimum atomic E-state index is -2.68. The number of carbonyl (C=O) groups excluding carboxylic acids is 1. The van der Waals surface area contributed by atoms with E-state index >= 15 is 0 Å². The molecule has 9 nitrogen and oxygen atoms in total. The minimum Gasteiger partial charge on any atom is -0.399 e. The Balaban J connectivity index is 1.42. The zero-order chi connectivity index (χ0) is 24.8. The molecule has 3 N–H and O–H groups in total. The highest BCUT2D eigenvalue weighted by Gasteiger charge is 2.35. The Morgan fingerprint density at radius 2 is 1.80 bits per heavy atom. The van der Waals surface area contributed by atoms with Crippen molar-refractivity contribution in [2.75, 3.05) is 47.0 Å². The van der Waals surface area contributed by atoms with Gasteiger partial charge in [-0.2, -0.15) is 27.7 Å². The van der Waals surface area contributed by atoms with Gasteiger partial charge in [-0.25, -0.2) is 13.8 Å². The molecular weight excluding hydrogens is 470 g/mol. The normalized spacial score (nSPS) is 19.7. The van der Waals surface area contributed by atoms with Crippen LogP contribution in [0.2, 0.25) is 25.2 Å². The summed E-state index contributed by atoms with van der Waals surface area (Å²) in [6, 6.07) is 9.25. The molecule has 0 atom stereocenters. The number of hydrogen-bond acceptors (Lipinski definition) is 7. The molecule has 0 saturated carbocycles. The lowest BCUT2D eigenvalue weighted by molar-refractivity contribution is -0.0223. The number of aromatic nitrogens is 4. The van der Waals surface area contributed by atoms with E-state index in [2.05, 4.69) is 38.4 Å². The van der Waals surface area contributed by atoms with Crippen LogP contribution in [-0.4, -0.2) is 65.7 Å². The van der Waals surface area contributed by atoms with Gasteiger partial charge in [0.2, 0.25) is 5.95 Å². The predicted octanol–water partition coefficient (Wildman–Crippen LogP) is 3.72. The van der Waals surface area contributed by atoms with E-state index in [1.165, 1.54) is 10.8 Å². The summed E-state index contributed by atoms with van der Waals surface area (Å²) in [7, 11) is -1.19. The Morgan fingerprint density at radius 1 is 1.09 bits per heavy atom. The maximum atomic E-state index is 13.7. The molecule has 12 heteroatoms. The van der Waals surface area contributed by atoms with Gasteiger partial charge in [0.15, 0.2) is 5.65 Å². The van der Waals surface area contributed by atoms with Crippen molar-refractivity contribution >= 4 is 42.8 Å². The summed E-state index contributed by atoms with van der Waals surface area (Å²) in [6.07, 6.45) is 0.863. The second-order valence-electron chi connectivity index (χ2n) is 10.2. The molecular formula is C23H30F2N8OSi-. The molecule has 0 unspecified atom stereocenters. The Hall–Kier alpha value is -3.28. The molecule has 4 heterocycles. The molecule has 5 rings (SSSR count). The molecule has 35 heavy (non-hydrogen) atoms. The van der Waals surface area contributed by atoms with Gasteiger partial charge in [-0.3, -0.25) is 4.79 Å². The van der Waals surface area contributed by atoms with Crippen molar-refractivity contribution in [2.45, 2.75) is 43.9 Å². The number of rotatable bonds is 4. The first-order chi connectivity index (χ1) is 16.6. The number of hydrogen-bond donors (Lipinski definition) is 2. The van der Waals surface area contributed by atoms with E-state index in [1.54, 1.807) is 23.1 Å². The Morgan fingerprint density at radius 3 is 2.51 bits per heavy atom. The Bertz CT molecular complexity index is 1240. The molecule has 3 aromatic rings. The summed E-state index contributed by atoms with van der Waals surface area (Å²) >= 11 is 0. The fourth-order valence-corrected chi connectivity index (χ4v) is 6.65. The van der Waals surface area contributed by atoms with Crippen molar-refractivity contribution in [3.8, 4) is 0 Å². The number of benzene rings is 1. The first-order valence-electron chi connectivity index (χ1n) is 11.9. The average Bonchev–Trinajstić information content (AvgIpc) is 3.27. The van der Waals surface area contributed by atoms with E-state index in [1.807, 2.05) is 6.07 Å². The minimum absolute atomic E-state index is 0.142. The van der Waals surface area contributed by atoms with Gasteiger partial charge in [-0.05, 0) is 31.3 Å². The van der Waals surface area contributed by atoms with Crippen LogP contribution in [0.1, 0.15) is 23.2 Å². The van der Waals surface area contributed by atoms with E-state index in [0.29, 0.717) is 22.8 Å². The van der Waals surface area contributed by atoms with Crippen LogP contribution in [0.25, 0.3) is 5.65 Å². The second kappa shape index (κ2) is 8.74. The molecule has 2 aliphatic heterocycles. The SMILES string of the molecule is C[Si-]1(C)CCN(c2cc(N)ccc2C(=O)Nc2cc3ncnn3c(N3CCC(F)(F)CC3)n2)CC1. The number of fused-ring (bicyclic) bond motifs is 1. The van der Waals surface area contributed by atoms with Crippen molar-refractivity contribution in [1.29, 1.82) is 0 Å². The van der Waals surface area contributed by atoms with Crippen LogP contribution in [-0.2, 0) is 0 Å².